The van der Waals surface area contributed by atoms with E-state index in [0.29, 0.717) is 15.7 Å². The monoisotopic (exact) mass is 461 g/mol. The van der Waals surface area contributed by atoms with Gasteiger partial charge in [-0.2, -0.15) is 0 Å². The van der Waals surface area contributed by atoms with E-state index in [1.165, 1.54) is 5.56 Å². The molecule has 3 aromatic carbocycles. The first-order chi connectivity index (χ1) is 13.8. The molecule has 148 valence electrons. The number of hydrogen-bond acceptors (Lipinski definition) is 3. The minimum Gasteiger partial charge on any atom is -0.284 e. The average Bonchev–Trinajstić information content (AvgIpc) is 2.79. The highest BCUT2D eigenvalue weighted by molar-refractivity contribution is 7.98. The Morgan fingerprint density at radius 2 is 1.79 bits per heavy atom. The van der Waals surface area contributed by atoms with Gasteiger partial charge in [0.1, 0.15) is 0 Å². The van der Waals surface area contributed by atoms with Gasteiger partial charge in [-0.1, -0.05) is 59.6 Å². The summed E-state index contributed by atoms with van der Waals surface area (Å²) in [6, 6.07) is 19.2. The van der Waals surface area contributed by atoms with Crippen molar-refractivity contribution in [2.45, 2.75) is 10.6 Å². The van der Waals surface area contributed by atoms with Crippen LogP contribution in [0.2, 0.25) is 10.0 Å². The molecule has 0 unspecified atom stereocenters. The van der Waals surface area contributed by atoms with Gasteiger partial charge < -0.3 is 0 Å². The highest BCUT2D eigenvalue weighted by atomic mass is 35.5. The minimum atomic E-state index is -3.35. The summed E-state index contributed by atoms with van der Waals surface area (Å²) in [6.45, 7) is 0. The summed E-state index contributed by atoms with van der Waals surface area (Å²) in [4.78, 5) is 0.990. The minimum absolute atomic E-state index is 0.516. The summed E-state index contributed by atoms with van der Waals surface area (Å²) in [7, 11) is -3.35. The standard InChI is InChI=1S/C22H17Cl2NO2S2/c1-29(26,27)25-17-7-4-5-14(9-17)10-19-18-8-3-2-6-15(18)13-28-22-20(19)11-16(23)12-21(22)24/h2-12,25H,13H2,1H3/b19-10+. The van der Waals surface area contributed by atoms with E-state index in [0.717, 1.165) is 39.2 Å². The van der Waals surface area contributed by atoms with Crippen LogP contribution in [0.1, 0.15) is 22.3 Å². The third-order valence-corrected chi connectivity index (χ3v) is 6.90. The van der Waals surface area contributed by atoms with Crippen molar-refractivity contribution >= 4 is 62.3 Å². The van der Waals surface area contributed by atoms with Gasteiger partial charge in [-0.15, -0.1) is 11.8 Å². The molecule has 7 heteroatoms. The molecule has 0 aliphatic carbocycles. The number of halogens is 2. The average molecular weight is 462 g/mol. The van der Waals surface area contributed by atoms with Gasteiger partial charge in [0.2, 0.25) is 10.0 Å². The lowest BCUT2D eigenvalue weighted by Crippen LogP contribution is -2.09. The molecule has 0 fully saturated rings. The fraction of sp³-hybridized carbons (Fsp3) is 0.0909. The summed E-state index contributed by atoms with van der Waals surface area (Å²) in [5.41, 5.74) is 5.68. The number of nitrogens with one attached hydrogen (secondary N) is 1. The van der Waals surface area contributed by atoms with Crippen LogP contribution in [0.25, 0.3) is 11.6 Å². The van der Waals surface area contributed by atoms with Crippen molar-refractivity contribution in [3.05, 3.63) is 93.0 Å². The molecule has 1 heterocycles. The van der Waals surface area contributed by atoms with Crippen LogP contribution in [-0.4, -0.2) is 14.7 Å². The number of thioether (sulfide) groups is 1. The van der Waals surface area contributed by atoms with Crippen LogP contribution in [0.4, 0.5) is 5.69 Å². The summed E-state index contributed by atoms with van der Waals surface area (Å²) >= 11 is 14.5. The molecule has 0 atom stereocenters. The first-order valence-corrected chi connectivity index (χ1v) is 12.4. The molecular formula is C22H17Cl2NO2S2. The van der Waals surface area contributed by atoms with Gasteiger partial charge >= 0.3 is 0 Å². The SMILES string of the molecule is CS(=O)(=O)Nc1cccc(/C=C2\c3ccccc3CSc3c(Cl)cc(Cl)cc32)c1. The molecule has 0 aromatic heterocycles. The van der Waals surface area contributed by atoms with Gasteiger partial charge in [0.25, 0.3) is 0 Å². The third-order valence-electron chi connectivity index (χ3n) is 4.48. The van der Waals surface area contributed by atoms with Gasteiger partial charge in [0.05, 0.1) is 11.3 Å². The lowest BCUT2D eigenvalue weighted by Gasteiger charge is -2.13. The molecule has 1 aliphatic rings. The molecule has 1 aliphatic heterocycles. The molecule has 3 nitrogen and oxygen atoms in total. The van der Waals surface area contributed by atoms with Crippen molar-refractivity contribution in [1.82, 2.24) is 0 Å². The van der Waals surface area contributed by atoms with Crippen molar-refractivity contribution in [2.75, 3.05) is 11.0 Å². The third kappa shape index (κ3) is 4.64. The van der Waals surface area contributed by atoms with E-state index < -0.39 is 10.0 Å². The Morgan fingerprint density at radius 3 is 2.59 bits per heavy atom. The van der Waals surface area contributed by atoms with Crippen molar-refractivity contribution in [2.24, 2.45) is 0 Å². The second kappa shape index (κ2) is 8.07. The Morgan fingerprint density at radius 1 is 1.00 bits per heavy atom. The molecule has 0 radical (unpaired) electrons. The summed E-state index contributed by atoms with van der Waals surface area (Å²) in [5.74, 6) is 0.803. The number of fused-ring (bicyclic) bond motifs is 2. The van der Waals surface area contributed by atoms with Crippen LogP contribution in [0, 0.1) is 0 Å². The maximum Gasteiger partial charge on any atom is 0.229 e. The van der Waals surface area contributed by atoms with Gasteiger partial charge in [-0.3, -0.25) is 4.72 Å². The van der Waals surface area contributed by atoms with Crippen LogP contribution < -0.4 is 4.72 Å². The largest absolute Gasteiger partial charge is 0.284 e. The van der Waals surface area contributed by atoms with E-state index in [4.69, 9.17) is 23.2 Å². The number of sulfonamides is 1. The Kier molecular flexibility index (Phi) is 5.67. The maximum absolute atomic E-state index is 11.6. The van der Waals surface area contributed by atoms with Gasteiger partial charge in [-0.25, -0.2) is 8.42 Å². The normalized spacial score (nSPS) is 14.8. The van der Waals surface area contributed by atoms with E-state index in [9.17, 15) is 8.42 Å². The molecule has 3 aromatic rings. The lowest BCUT2D eigenvalue weighted by atomic mass is 9.92. The quantitative estimate of drug-likeness (QED) is 0.480. The molecule has 4 rings (SSSR count). The van der Waals surface area contributed by atoms with Crippen molar-refractivity contribution in [1.29, 1.82) is 0 Å². The van der Waals surface area contributed by atoms with Crippen LogP contribution >= 0.6 is 35.0 Å². The zero-order chi connectivity index (χ0) is 20.6. The molecule has 29 heavy (non-hydrogen) atoms. The molecule has 0 bridgehead atoms. The number of rotatable bonds is 3. The maximum atomic E-state index is 11.6. The van der Waals surface area contributed by atoms with Gasteiger partial charge in [0.15, 0.2) is 0 Å². The predicted octanol–water partition coefficient (Wildman–Crippen LogP) is 6.56. The van der Waals surface area contributed by atoms with Crippen LogP contribution in [0.15, 0.2) is 65.6 Å². The molecule has 0 saturated heterocycles. The zero-order valence-corrected chi connectivity index (χ0v) is 18.6. The van der Waals surface area contributed by atoms with Crippen molar-refractivity contribution in [3.8, 4) is 0 Å². The Labute approximate surface area is 184 Å². The Bertz CT molecular complexity index is 1240. The molecule has 0 saturated carbocycles. The lowest BCUT2D eigenvalue weighted by molar-refractivity contribution is 0.607. The fourth-order valence-corrected chi connectivity index (χ4v) is 5.62. The summed E-state index contributed by atoms with van der Waals surface area (Å²) < 4.78 is 25.7. The second-order valence-electron chi connectivity index (χ2n) is 6.77. The number of benzene rings is 3. The number of hydrogen-bond donors (Lipinski definition) is 1. The molecule has 1 N–H and O–H groups in total. The van der Waals surface area contributed by atoms with Crippen LogP contribution in [0.3, 0.4) is 0 Å². The van der Waals surface area contributed by atoms with E-state index in [1.54, 1.807) is 30.0 Å². The van der Waals surface area contributed by atoms with E-state index in [2.05, 4.69) is 16.9 Å². The van der Waals surface area contributed by atoms with Gasteiger partial charge in [0, 0.05) is 21.4 Å². The smallest absolute Gasteiger partial charge is 0.229 e. The number of anilines is 1. The summed E-state index contributed by atoms with van der Waals surface area (Å²) in [5, 5.41) is 1.20. The Balaban J connectivity index is 1.92. The van der Waals surface area contributed by atoms with Crippen LogP contribution in [-0.2, 0) is 15.8 Å². The summed E-state index contributed by atoms with van der Waals surface area (Å²) in [6.07, 6.45) is 3.18. The Hall–Kier alpha value is -1.92. The molecular weight excluding hydrogens is 445 g/mol. The first-order valence-electron chi connectivity index (χ1n) is 8.80. The van der Waals surface area contributed by atoms with Crippen LogP contribution in [0.5, 0.6) is 0 Å². The second-order valence-corrected chi connectivity index (χ2v) is 10.3. The van der Waals surface area contributed by atoms with Crippen molar-refractivity contribution in [3.63, 3.8) is 0 Å². The molecule has 0 amide bonds. The zero-order valence-electron chi connectivity index (χ0n) is 15.4. The van der Waals surface area contributed by atoms with E-state index in [-0.39, 0.29) is 0 Å². The van der Waals surface area contributed by atoms with E-state index in [1.807, 2.05) is 36.4 Å². The first kappa shape index (κ1) is 20.4. The molecule has 0 spiro atoms. The fourth-order valence-electron chi connectivity index (χ4n) is 3.34. The van der Waals surface area contributed by atoms with Gasteiger partial charge in [-0.05, 0) is 58.2 Å². The topological polar surface area (TPSA) is 46.2 Å². The predicted molar refractivity (Wildman–Crippen MR) is 124 cm³/mol. The van der Waals surface area contributed by atoms with Crippen molar-refractivity contribution < 1.29 is 8.42 Å². The highest BCUT2D eigenvalue weighted by Crippen LogP contribution is 2.45. The highest BCUT2D eigenvalue weighted by Gasteiger charge is 2.21. The van der Waals surface area contributed by atoms with E-state index >= 15 is 0 Å².